The molecule has 0 saturated carbocycles. The quantitative estimate of drug-likeness (QED) is 0.396. The fourth-order valence-corrected chi connectivity index (χ4v) is 3.40. The van der Waals surface area contributed by atoms with Gasteiger partial charge in [0.05, 0.1) is 19.7 Å². The second-order valence-electron chi connectivity index (χ2n) is 7.07. The van der Waals surface area contributed by atoms with E-state index in [9.17, 15) is 4.79 Å². The third kappa shape index (κ3) is 6.15. The highest BCUT2D eigenvalue weighted by Gasteiger charge is 2.25. The maximum Gasteiger partial charge on any atom is 0.343 e. The third-order valence-corrected chi connectivity index (χ3v) is 5.00. The number of anilines is 1. The Bertz CT molecular complexity index is 989. The monoisotopic (exact) mass is 436 g/mol. The zero-order valence-electron chi connectivity index (χ0n) is 18.0. The molecule has 1 heterocycles. The van der Waals surface area contributed by atoms with Crippen molar-refractivity contribution >= 4 is 29.1 Å². The van der Waals surface area contributed by atoms with Crippen LogP contribution in [0.5, 0.6) is 0 Å². The van der Waals surface area contributed by atoms with Crippen LogP contribution < -0.4 is 10.2 Å². The normalized spacial score (nSPS) is 10.5. The minimum absolute atomic E-state index is 0.291. The minimum atomic E-state index is -0.409. The van der Waals surface area contributed by atoms with Crippen molar-refractivity contribution in [2.45, 2.75) is 33.4 Å². The molecular weight excluding hydrogens is 408 g/mol. The van der Waals surface area contributed by atoms with Gasteiger partial charge in [-0.1, -0.05) is 67.6 Å². The van der Waals surface area contributed by atoms with Gasteiger partial charge < -0.3 is 10.1 Å². The van der Waals surface area contributed by atoms with Crippen LogP contribution in [0, 0.1) is 0 Å². The smallest absolute Gasteiger partial charge is 0.343 e. The Morgan fingerprint density at radius 2 is 1.71 bits per heavy atom. The Morgan fingerprint density at radius 3 is 2.32 bits per heavy atom. The summed E-state index contributed by atoms with van der Waals surface area (Å²) in [5.74, 6) is 0.0833. The summed E-state index contributed by atoms with van der Waals surface area (Å²) in [5, 5.41) is 8.54. The average Bonchev–Trinajstić information content (AvgIpc) is 3.21. The standard InChI is InChI=1S/C24H28N4O2S/c1-3-15-25-24(31)28(17-20-13-9-6-10-14-20)22-21(23(29)30-4-2)18-27(26-22)16-19-11-7-5-8-12-19/h5-14,18H,3-4,15-17H2,1-2H3,(H,25,31). The summed E-state index contributed by atoms with van der Waals surface area (Å²) in [6.45, 7) is 5.94. The zero-order valence-corrected chi connectivity index (χ0v) is 18.8. The third-order valence-electron chi connectivity index (χ3n) is 4.64. The Morgan fingerprint density at radius 1 is 1.06 bits per heavy atom. The maximum atomic E-state index is 12.8. The van der Waals surface area contributed by atoms with E-state index in [4.69, 9.17) is 22.1 Å². The van der Waals surface area contributed by atoms with E-state index >= 15 is 0 Å². The molecule has 0 spiro atoms. The molecule has 0 aliphatic rings. The molecule has 3 aromatic rings. The van der Waals surface area contributed by atoms with Crippen molar-refractivity contribution in [3.63, 3.8) is 0 Å². The van der Waals surface area contributed by atoms with E-state index in [0.29, 0.717) is 36.2 Å². The lowest BCUT2D eigenvalue weighted by Crippen LogP contribution is -2.40. The number of esters is 1. The van der Waals surface area contributed by atoms with E-state index in [-0.39, 0.29) is 0 Å². The predicted molar refractivity (Wildman–Crippen MR) is 127 cm³/mol. The molecule has 0 saturated heterocycles. The molecule has 0 unspecified atom stereocenters. The summed E-state index contributed by atoms with van der Waals surface area (Å²) in [7, 11) is 0. The minimum Gasteiger partial charge on any atom is -0.462 e. The fraction of sp³-hybridized carbons (Fsp3) is 0.292. The molecule has 0 bridgehead atoms. The number of hydrogen-bond donors (Lipinski definition) is 1. The number of hydrogen-bond acceptors (Lipinski definition) is 4. The van der Waals surface area contributed by atoms with Crippen molar-refractivity contribution in [1.29, 1.82) is 0 Å². The molecule has 0 aliphatic carbocycles. The first-order valence-corrected chi connectivity index (χ1v) is 10.9. The van der Waals surface area contributed by atoms with E-state index in [0.717, 1.165) is 24.1 Å². The van der Waals surface area contributed by atoms with Gasteiger partial charge in [0.25, 0.3) is 0 Å². The van der Waals surface area contributed by atoms with Gasteiger partial charge in [0.15, 0.2) is 10.9 Å². The molecule has 0 amide bonds. The summed E-state index contributed by atoms with van der Waals surface area (Å²) < 4.78 is 7.07. The van der Waals surface area contributed by atoms with Crippen LogP contribution in [-0.4, -0.2) is 34.0 Å². The molecular formula is C24H28N4O2S. The van der Waals surface area contributed by atoms with Gasteiger partial charge in [-0.3, -0.25) is 9.58 Å². The predicted octanol–water partition coefficient (Wildman–Crippen LogP) is 4.40. The largest absolute Gasteiger partial charge is 0.462 e. The van der Waals surface area contributed by atoms with Gasteiger partial charge >= 0.3 is 5.97 Å². The van der Waals surface area contributed by atoms with Crippen molar-refractivity contribution < 1.29 is 9.53 Å². The number of rotatable bonds is 9. The Kier molecular flexibility index (Phi) is 8.18. The molecule has 6 nitrogen and oxygen atoms in total. The first kappa shape index (κ1) is 22.5. The number of aromatic nitrogens is 2. The topological polar surface area (TPSA) is 59.4 Å². The van der Waals surface area contributed by atoms with E-state index in [1.807, 2.05) is 65.6 Å². The molecule has 1 aromatic heterocycles. The first-order chi connectivity index (χ1) is 15.1. The highest BCUT2D eigenvalue weighted by molar-refractivity contribution is 7.80. The van der Waals surface area contributed by atoms with Crippen LogP contribution in [-0.2, 0) is 17.8 Å². The molecule has 0 radical (unpaired) electrons. The van der Waals surface area contributed by atoms with Gasteiger partial charge in [0.2, 0.25) is 0 Å². The summed E-state index contributed by atoms with van der Waals surface area (Å²) in [6.07, 6.45) is 2.67. The number of thiocarbonyl (C=S) groups is 1. The van der Waals surface area contributed by atoms with Crippen LogP contribution in [0.1, 0.15) is 41.8 Å². The number of carbonyl (C=O) groups is 1. The van der Waals surface area contributed by atoms with Crippen LogP contribution in [0.3, 0.4) is 0 Å². The first-order valence-electron chi connectivity index (χ1n) is 10.5. The van der Waals surface area contributed by atoms with E-state index in [2.05, 4.69) is 12.2 Å². The van der Waals surface area contributed by atoms with E-state index < -0.39 is 5.97 Å². The van der Waals surface area contributed by atoms with Gasteiger partial charge in [-0.05, 0) is 36.7 Å². The van der Waals surface area contributed by atoms with Gasteiger partial charge in [-0.15, -0.1) is 0 Å². The Balaban J connectivity index is 1.99. The lowest BCUT2D eigenvalue weighted by Gasteiger charge is -2.24. The number of carbonyl (C=O) groups excluding carboxylic acids is 1. The second-order valence-corrected chi connectivity index (χ2v) is 7.46. The molecule has 7 heteroatoms. The highest BCUT2D eigenvalue weighted by Crippen LogP contribution is 2.23. The molecule has 0 aliphatic heterocycles. The van der Waals surface area contributed by atoms with Gasteiger partial charge in [0, 0.05) is 12.7 Å². The summed E-state index contributed by atoms with van der Waals surface area (Å²) in [6, 6.07) is 20.0. The van der Waals surface area contributed by atoms with Crippen molar-refractivity contribution in [2.24, 2.45) is 0 Å². The van der Waals surface area contributed by atoms with Crippen LogP contribution in [0.2, 0.25) is 0 Å². The summed E-state index contributed by atoms with van der Waals surface area (Å²) in [5.41, 5.74) is 2.55. The number of nitrogens with zero attached hydrogens (tertiary/aromatic N) is 3. The second kappa shape index (κ2) is 11.3. The van der Waals surface area contributed by atoms with E-state index in [1.54, 1.807) is 17.8 Å². The van der Waals surface area contributed by atoms with Gasteiger partial charge in [0.1, 0.15) is 5.56 Å². The molecule has 0 atom stereocenters. The highest BCUT2D eigenvalue weighted by atomic mass is 32.1. The van der Waals surface area contributed by atoms with Crippen molar-refractivity contribution in [2.75, 3.05) is 18.1 Å². The molecule has 162 valence electrons. The van der Waals surface area contributed by atoms with Gasteiger partial charge in [-0.25, -0.2) is 4.79 Å². The molecule has 31 heavy (non-hydrogen) atoms. The van der Waals surface area contributed by atoms with Crippen LogP contribution in [0.25, 0.3) is 0 Å². The maximum absolute atomic E-state index is 12.8. The van der Waals surface area contributed by atoms with Crippen LogP contribution in [0.4, 0.5) is 5.82 Å². The molecule has 1 N–H and O–H groups in total. The molecule has 2 aromatic carbocycles. The number of ether oxygens (including phenoxy) is 1. The fourth-order valence-electron chi connectivity index (χ4n) is 3.15. The van der Waals surface area contributed by atoms with Crippen LogP contribution >= 0.6 is 12.2 Å². The Labute approximate surface area is 188 Å². The van der Waals surface area contributed by atoms with Crippen molar-refractivity contribution in [3.8, 4) is 0 Å². The lowest BCUT2D eigenvalue weighted by molar-refractivity contribution is 0.0527. The Hall–Kier alpha value is -3.19. The molecule has 0 fully saturated rings. The van der Waals surface area contributed by atoms with E-state index in [1.165, 1.54) is 0 Å². The van der Waals surface area contributed by atoms with Crippen LogP contribution in [0.15, 0.2) is 66.9 Å². The summed E-state index contributed by atoms with van der Waals surface area (Å²) >= 11 is 5.69. The lowest BCUT2D eigenvalue weighted by atomic mass is 10.2. The SMILES string of the molecule is CCCNC(=S)N(Cc1ccccc1)c1nn(Cc2ccccc2)cc1C(=O)OCC. The average molecular weight is 437 g/mol. The summed E-state index contributed by atoms with van der Waals surface area (Å²) in [4.78, 5) is 14.6. The zero-order chi connectivity index (χ0) is 22.1. The van der Waals surface area contributed by atoms with Gasteiger partial charge in [-0.2, -0.15) is 5.10 Å². The number of nitrogens with one attached hydrogen (secondary N) is 1. The molecule has 3 rings (SSSR count). The van der Waals surface area contributed by atoms with Crippen molar-refractivity contribution in [1.82, 2.24) is 15.1 Å². The van der Waals surface area contributed by atoms with Crippen molar-refractivity contribution in [3.05, 3.63) is 83.6 Å². The number of benzene rings is 2.